The standard InChI is InChI=1S/C39H44N6O3/c1-42-37-32(17-29(19-34(37)48-2)39(47)43-15-7-10-27(20-40)21-43)41-38(42)33-18-28-11-6-12-31(36(28)45(33)22-26-13-14-26)30-23-44(24-30)35(46)16-25-8-4-3-5-9-25/h3-6,8-9,11-12,17-19,26-27,30H,7,10,13-16,20-24,40H2,1-2H3/t27-/m0/s1. The lowest BCUT2D eigenvalue weighted by atomic mass is 9.89. The largest absolute Gasteiger partial charge is 0.494 e. The van der Waals surface area contributed by atoms with Crippen LogP contribution in [0.25, 0.3) is 33.5 Å². The summed E-state index contributed by atoms with van der Waals surface area (Å²) < 4.78 is 10.5. The number of hydrogen-bond donors (Lipinski definition) is 1. The maximum absolute atomic E-state index is 13.7. The minimum absolute atomic E-state index is 0.00448. The van der Waals surface area contributed by atoms with Gasteiger partial charge in [0.15, 0.2) is 5.82 Å². The molecule has 5 aromatic rings. The number of nitrogens with zero attached hydrogens (tertiary/aromatic N) is 5. The van der Waals surface area contributed by atoms with Gasteiger partial charge >= 0.3 is 0 Å². The van der Waals surface area contributed by atoms with Crippen molar-refractivity contribution >= 4 is 33.8 Å². The van der Waals surface area contributed by atoms with Crippen molar-refractivity contribution < 1.29 is 14.3 Å². The number of imidazole rings is 1. The first kappa shape index (κ1) is 30.7. The van der Waals surface area contributed by atoms with Crippen LogP contribution in [0.15, 0.2) is 66.7 Å². The summed E-state index contributed by atoms with van der Waals surface area (Å²) in [4.78, 5) is 35.9. The third-order valence-electron chi connectivity index (χ3n) is 10.7. The van der Waals surface area contributed by atoms with E-state index in [0.29, 0.717) is 42.7 Å². The van der Waals surface area contributed by atoms with Gasteiger partial charge in [-0.25, -0.2) is 4.98 Å². The second-order valence-corrected chi connectivity index (χ2v) is 14.1. The molecule has 8 rings (SSSR count). The second-order valence-electron chi connectivity index (χ2n) is 14.1. The van der Waals surface area contributed by atoms with Gasteiger partial charge in [-0.05, 0) is 73.4 Å². The number of hydrogen-bond acceptors (Lipinski definition) is 5. The topological polar surface area (TPSA) is 98.6 Å². The molecule has 1 aliphatic carbocycles. The summed E-state index contributed by atoms with van der Waals surface area (Å²) in [5, 5.41) is 1.19. The van der Waals surface area contributed by atoms with Gasteiger partial charge in [-0.1, -0.05) is 48.5 Å². The number of carbonyl (C=O) groups is 2. The summed E-state index contributed by atoms with van der Waals surface area (Å²) >= 11 is 0. The Balaban J connectivity index is 1.14. The molecule has 3 aliphatic rings. The summed E-state index contributed by atoms with van der Waals surface area (Å²) in [5.41, 5.74) is 12.8. The molecular weight excluding hydrogens is 600 g/mol. The highest BCUT2D eigenvalue weighted by Gasteiger charge is 2.35. The third-order valence-corrected chi connectivity index (χ3v) is 10.7. The molecule has 48 heavy (non-hydrogen) atoms. The molecule has 2 aliphatic heterocycles. The lowest BCUT2D eigenvalue weighted by Crippen LogP contribution is -2.49. The van der Waals surface area contributed by atoms with Gasteiger partial charge in [0.2, 0.25) is 5.91 Å². The number of methoxy groups -OCH3 is 1. The third kappa shape index (κ3) is 5.53. The molecule has 2 N–H and O–H groups in total. The number of nitrogens with two attached hydrogens (primary N) is 1. The zero-order chi connectivity index (χ0) is 32.9. The molecule has 3 fully saturated rings. The normalized spacial score (nSPS) is 18.4. The molecular formula is C39H44N6O3. The molecule has 4 heterocycles. The van der Waals surface area contributed by atoms with Gasteiger partial charge in [0, 0.05) is 56.6 Å². The highest BCUT2D eigenvalue weighted by molar-refractivity contribution is 6.00. The summed E-state index contributed by atoms with van der Waals surface area (Å²) in [7, 11) is 3.69. The highest BCUT2D eigenvalue weighted by Crippen LogP contribution is 2.41. The van der Waals surface area contributed by atoms with E-state index in [1.807, 2.05) is 59.3 Å². The Morgan fingerprint density at radius 3 is 2.48 bits per heavy atom. The van der Waals surface area contributed by atoms with E-state index in [9.17, 15) is 9.59 Å². The van der Waals surface area contributed by atoms with Crippen LogP contribution in [0.4, 0.5) is 0 Å². The summed E-state index contributed by atoms with van der Waals surface area (Å²) in [6, 6.07) is 22.6. The fourth-order valence-corrected chi connectivity index (χ4v) is 7.82. The van der Waals surface area contributed by atoms with Crippen LogP contribution in [-0.4, -0.2) is 75.6 Å². The number of fused-ring (bicyclic) bond motifs is 2. The predicted octanol–water partition coefficient (Wildman–Crippen LogP) is 5.59. The second kappa shape index (κ2) is 12.4. The first-order chi connectivity index (χ1) is 23.4. The minimum atomic E-state index is 0.00448. The van der Waals surface area contributed by atoms with Crippen molar-refractivity contribution in [3.63, 3.8) is 0 Å². The van der Waals surface area contributed by atoms with E-state index >= 15 is 0 Å². The van der Waals surface area contributed by atoms with E-state index in [1.165, 1.54) is 29.3 Å². The van der Waals surface area contributed by atoms with Crippen LogP contribution < -0.4 is 10.5 Å². The number of benzene rings is 3. The van der Waals surface area contributed by atoms with Crippen molar-refractivity contribution in [3.8, 4) is 17.3 Å². The van der Waals surface area contributed by atoms with Gasteiger partial charge in [-0.2, -0.15) is 0 Å². The molecule has 1 saturated carbocycles. The van der Waals surface area contributed by atoms with Crippen molar-refractivity contribution in [1.82, 2.24) is 23.9 Å². The van der Waals surface area contributed by atoms with Crippen LogP contribution in [0.5, 0.6) is 5.75 Å². The number of aromatic nitrogens is 3. The number of rotatable bonds is 9. The van der Waals surface area contributed by atoms with Crippen LogP contribution >= 0.6 is 0 Å². The van der Waals surface area contributed by atoms with E-state index in [2.05, 4.69) is 33.4 Å². The number of ether oxygens (including phenoxy) is 1. The zero-order valence-electron chi connectivity index (χ0n) is 27.9. The van der Waals surface area contributed by atoms with Crippen LogP contribution in [0.2, 0.25) is 0 Å². The Hall–Kier alpha value is -4.63. The number of para-hydroxylation sites is 1. The van der Waals surface area contributed by atoms with Crippen molar-refractivity contribution in [2.75, 3.05) is 39.8 Å². The summed E-state index contributed by atoms with van der Waals surface area (Å²) in [6.07, 6.45) is 4.94. The molecule has 9 nitrogen and oxygen atoms in total. The Labute approximate surface area is 281 Å². The number of likely N-dealkylation sites (tertiary alicyclic amines) is 2. The zero-order valence-corrected chi connectivity index (χ0v) is 27.9. The fraction of sp³-hybridized carbons (Fsp3) is 0.410. The molecule has 2 aromatic heterocycles. The quantitative estimate of drug-likeness (QED) is 0.226. The SMILES string of the molecule is COc1cc(C(=O)N2CCC[C@@H](CN)C2)cc2nc(-c3cc4cccc(C5CN(C(=O)Cc6ccccc6)C5)c4n3CC3CC3)n(C)c12. The van der Waals surface area contributed by atoms with Crippen LogP contribution in [-0.2, 0) is 24.8 Å². The van der Waals surface area contributed by atoms with Crippen molar-refractivity contribution in [3.05, 3.63) is 83.4 Å². The molecule has 0 radical (unpaired) electrons. The Bertz CT molecular complexity index is 2000. The van der Waals surface area contributed by atoms with E-state index < -0.39 is 0 Å². The number of aryl methyl sites for hydroxylation is 1. The smallest absolute Gasteiger partial charge is 0.254 e. The maximum Gasteiger partial charge on any atom is 0.254 e. The van der Waals surface area contributed by atoms with Crippen molar-refractivity contribution in [2.45, 2.75) is 44.6 Å². The maximum atomic E-state index is 13.7. The average molecular weight is 645 g/mol. The predicted molar refractivity (Wildman–Crippen MR) is 188 cm³/mol. The Kier molecular flexibility index (Phi) is 7.95. The van der Waals surface area contributed by atoms with Crippen LogP contribution in [0.1, 0.15) is 53.1 Å². The lowest BCUT2D eigenvalue weighted by Gasteiger charge is -2.40. The van der Waals surface area contributed by atoms with Gasteiger partial charge in [-0.15, -0.1) is 0 Å². The van der Waals surface area contributed by atoms with Gasteiger partial charge < -0.3 is 29.4 Å². The fourth-order valence-electron chi connectivity index (χ4n) is 7.82. The van der Waals surface area contributed by atoms with E-state index in [-0.39, 0.29) is 17.7 Å². The van der Waals surface area contributed by atoms with E-state index in [4.69, 9.17) is 15.5 Å². The number of piperidine rings is 1. The Morgan fingerprint density at radius 1 is 0.917 bits per heavy atom. The van der Waals surface area contributed by atoms with Crippen molar-refractivity contribution in [1.29, 1.82) is 0 Å². The molecule has 248 valence electrons. The molecule has 9 heteroatoms. The highest BCUT2D eigenvalue weighted by atomic mass is 16.5. The van der Waals surface area contributed by atoms with Gasteiger partial charge in [0.1, 0.15) is 11.3 Å². The van der Waals surface area contributed by atoms with Crippen LogP contribution in [0, 0.1) is 11.8 Å². The molecule has 2 amide bonds. The molecule has 1 atom stereocenters. The van der Waals surface area contributed by atoms with Gasteiger partial charge in [0.25, 0.3) is 5.91 Å². The Morgan fingerprint density at radius 2 is 1.73 bits per heavy atom. The van der Waals surface area contributed by atoms with Crippen LogP contribution in [0.3, 0.4) is 0 Å². The van der Waals surface area contributed by atoms with Gasteiger partial charge in [-0.3, -0.25) is 9.59 Å². The van der Waals surface area contributed by atoms with E-state index in [0.717, 1.165) is 67.1 Å². The molecule has 2 saturated heterocycles. The van der Waals surface area contributed by atoms with E-state index in [1.54, 1.807) is 7.11 Å². The van der Waals surface area contributed by atoms with Crippen molar-refractivity contribution in [2.24, 2.45) is 24.6 Å². The summed E-state index contributed by atoms with van der Waals surface area (Å²) in [5.74, 6) is 2.96. The first-order valence-electron chi connectivity index (χ1n) is 17.4. The molecule has 3 aromatic carbocycles. The molecule has 0 bridgehead atoms. The first-order valence-corrected chi connectivity index (χ1v) is 17.4. The van der Waals surface area contributed by atoms with Gasteiger partial charge in [0.05, 0.1) is 30.3 Å². The average Bonchev–Trinajstić information content (AvgIpc) is 3.75. The molecule has 0 unspecified atom stereocenters. The minimum Gasteiger partial charge on any atom is -0.494 e. The molecule has 0 spiro atoms. The monoisotopic (exact) mass is 644 g/mol. The lowest BCUT2D eigenvalue weighted by molar-refractivity contribution is -0.134. The summed E-state index contributed by atoms with van der Waals surface area (Å²) in [6.45, 7) is 4.42. The number of carbonyl (C=O) groups excluding carboxylic acids is 2. The number of amides is 2.